The Labute approximate surface area is 104 Å². The van der Waals surface area contributed by atoms with Crippen molar-refractivity contribution in [2.45, 2.75) is 38.6 Å². The van der Waals surface area contributed by atoms with E-state index < -0.39 is 0 Å². The van der Waals surface area contributed by atoms with E-state index in [0.29, 0.717) is 0 Å². The van der Waals surface area contributed by atoms with Crippen LogP contribution in [0, 0.1) is 5.92 Å². The first-order valence-corrected chi connectivity index (χ1v) is 6.92. The maximum absolute atomic E-state index is 11.1. The zero-order valence-corrected chi connectivity index (χ0v) is 10.9. The molecule has 2 rings (SSSR count). The number of carbonyl (C=O) groups excluding carboxylic acids is 1. The predicted octanol–water partition coefficient (Wildman–Crippen LogP) is 0.668. The summed E-state index contributed by atoms with van der Waals surface area (Å²) in [6.07, 6.45) is 5.18. The SMILES string of the molecule is CC(C(N)=O)N1CCC(CN2CCCC2)CC1. The molecule has 4 nitrogen and oxygen atoms in total. The van der Waals surface area contributed by atoms with E-state index >= 15 is 0 Å². The van der Waals surface area contributed by atoms with Crippen molar-refractivity contribution in [3.05, 3.63) is 0 Å². The van der Waals surface area contributed by atoms with Gasteiger partial charge in [0.25, 0.3) is 0 Å². The molecule has 0 saturated carbocycles. The fraction of sp³-hybridized carbons (Fsp3) is 0.923. The van der Waals surface area contributed by atoms with Gasteiger partial charge >= 0.3 is 0 Å². The minimum Gasteiger partial charge on any atom is -0.368 e. The molecule has 2 N–H and O–H groups in total. The average Bonchev–Trinajstić information content (AvgIpc) is 2.82. The second kappa shape index (κ2) is 5.83. The lowest BCUT2D eigenvalue weighted by molar-refractivity contribution is -0.123. The summed E-state index contributed by atoms with van der Waals surface area (Å²) in [6, 6.07) is -0.0947. The Kier molecular flexibility index (Phi) is 4.40. The number of carbonyl (C=O) groups is 1. The van der Waals surface area contributed by atoms with Crippen LogP contribution in [-0.2, 0) is 4.79 Å². The number of nitrogens with zero attached hydrogens (tertiary/aromatic N) is 2. The fourth-order valence-electron chi connectivity index (χ4n) is 3.03. The lowest BCUT2D eigenvalue weighted by atomic mass is 9.95. The van der Waals surface area contributed by atoms with Gasteiger partial charge < -0.3 is 10.6 Å². The smallest absolute Gasteiger partial charge is 0.234 e. The molecular weight excluding hydrogens is 214 g/mol. The normalized spacial score (nSPS) is 26.2. The van der Waals surface area contributed by atoms with Crippen molar-refractivity contribution in [2.75, 3.05) is 32.7 Å². The summed E-state index contributed by atoms with van der Waals surface area (Å²) in [7, 11) is 0. The molecule has 1 unspecified atom stereocenters. The Morgan fingerprint density at radius 2 is 1.82 bits per heavy atom. The summed E-state index contributed by atoms with van der Waals surface area (Å²) in [6.45, 7) is 7.82. The van der Waals surface area contributed by atoms with Crippen molar-refractivity contribution >= 4 is 5.91 Å². The number of hydrogen-bond donors (Lipinski definition) is 1. The van der Waals surface area contributed by atoms with Gasteiger partial charge in [-0.1, -0.05) is 0 Å². The van der Waals surface area contributed by atoms with E-state index in [1.54, 1.807) is 0 Å². The highest BCUT2D eigenvalue weighted by atomic mass is 16.1. The van der Waals surface area contributed by atoms with Crippen LogP contribution in [0.3, 0.4) is 0 Å². The number of piperidine rings is 1. The summed E-state index contributed by atoms with van der Waals surface area (Å²) in [5.74, 6) is 0.632. The van der Waals surface area contributed by atoms with Gasteiger partial charge in [-0.2, -0.15) is 0 Å². The molecular formula is C13H25N3O. The first kappa shape index (κ1) is 12.8. The van der Waals surface area contributed by atoms with Gasteiger partial charge in [0, 0.05) is 6.54 Å². The van der Waals surface area contributed by atoms with Crippen molar-refractivity contribution in [1.82, 2.24) is 9.80 Å². The minimum atomic E-state index is -0.192. The predicted molar refractivity (Wildman–Crippen MR) is 68.6 cm³/mol. The second-order valence-electron chi connectivity index (χ2n) is 5.57. The topological polar surface area (TPSA) is 49.6 Å². The Bertz CT molecular complexity index is 255. The fourth-order valence-corrected chi connectivity index (χ4v) is 3.03. The number of primary amides is 1. The van der Waals surface area contributed by atoms with Crippen molar-refractivity contribution in [3.8, 4) is 0 Å². The molecule has 2 heterocycles. The molecule has 0 aliphatic carbocycles. The highest BCUT2D eigenvalue weighted by Crippen LogP contribution is 2.21. The molecule has 0 radical (unpaired) electrons. The number of rotatable bonds is 4. The third-order valence-corrected chi connectivity index (χ3v) is 4.32. The molecule has 2 aliphatic rings. The van der Waals surface area contributed by atoms with Gasteiger partial charge in [0.15, 0.2) is 0 Å². The lowest BCUT2D eigenvalue weighted by Gasteiger charge is -2.36. The minimum absolute atomic E-state index is 0.0947. The van der Waals surface area contributed by atoms with Crippen LogP contribution in [0.15, 0.2) is 0 Å². The molecule has 98 valence electrons. The molecule has 2 fully saturated rings. The Balaban J connectivity index is 1.72. The zero-order chi connectivity index (χ0) is 12.3. The summed E-state index contributed by atoms with van der Waals surface area (Å²) < 4.78 is 0. The number of nitrogens with two attached hydrogens (primary N) is 1. The van der Waals surface area contributed by atoms with Crippen molar-refractivity contribution in [2.24, 2.45) is 11.7 Å². The summed E-state index contributed by atoms with van der Waals surface area (Å²) >= 11 is 0. The molecule has 0 bridgehead atoms. The maximum atomic E-state index is 11.1. The summed E-state index contributed by atoms with van der Waals surface area (Å²) in [5.41, 5.74) is 5.34. The van der Waals surface area contributed by atoms with Crippen LogP contribution in [0.2, 0.25) is 0 Å². The van der Waals surface area contributed by atoms with E-state index in [-0.39, 0.29) is 11.9 Å². The summed E-state index contributed by atoms with van der Waals surface area (Å²) in [5, 5.41) is 0. The standard InChI is InChI=1S/C13H25N3O/c1-11(13(14)17)16-8-4-12(5-9-16)10-15-6-2-3-7-15/h11-12H,2-10H2,1H3,(H2,14,17). The van der Waals surface area contributed by atoms with Gasteiger partial charge in [-0.05, 0) is 64.7 Å². The molecule has 0 aromatic heterocycles. The monoisotopic (exact) mass is 239 g/mol. The van der Waals surface area contributed by atoms with Crippen LogP contribution in [0.5, 0.6) is 0 Å². The Hall–Kier alpha value is -0.610. The van der Waals surface area contributed by atoms with E-state index in [9.17, 15) is 4.79 Å². The molecule has 0 aromatic carbocycles. The van der Waals surface area contributed by atoms with E-state index in [1.807, 2.05) is 6.92 Å². The van der Waals surface area contributed by atoms with Crippen molar-refractivity contribution < 1.29 is 4.79 Å². The van der Waals surface area contributed by atoms with Crippen LogP contribution in [-0.4, -0.2) is 54.5 Å². The van der Waals surface area contributed by atoms with Crippen molar-refractivity contribution in [3.63, 3.8) is 0 Å². The third-order valence-electron chi connectivity index (χ3n) is 4.32. The molecule has 17 heavy (non-hydrogen) atoms. The number of hydrogen-bond acceptors (Lipinski definition) is 3. The lowest BCUT2D eigenvalue weighted by Crippen LogP contribution is -2.47. The molecule has 4 heteroatoms. The average molecular weight is 239 g/mol. The van der Waals surface area contributed by atoms with Gasteiger partial charge in [-0.15, -0.1) is 0 Å². The zero-order valence-electron chi connectivity index (χ0n) is 10.9. The Morgan fingerprint density at radius 1 is 1.24 bits per heavy atom. The van der Waals surface area contributed by atoms with Crippen molar-refractivity contribution in [1.29, 1.82) is 0 Å². The van der Waals surface area contributed by atoms with E-state index in [4.69, 9.17) is 5.73 Å². The van der Waals surface area contributed by atoms with E-state index in [2.05, 4.69) is 9.80 Å². The molecule has 0 aromatic rings. The molecule has 2 aliphatic heterocycles. The van der Waals surface area contributed by atoms with Gasteiger partial charge in [-0.25, -0.2) is 0 Å². The highest BCUT2D eigenvalue weighted by molar-refractivity contribution is 5.79. The largest absolute Gasteiger partial charge is 0.368 e. The van der Waals surface area contributed by atoms with Crippen LogP contribution >= 0.6 is 0 Å². The van der Waals surface area contributed by atoms with Crippen LogP contribution in [0.25, 0.3) is 0 Å². The van der Waals surface area contributed by atoms with E-state index in [0.717, 1.165) is 19.0 Å². The molecule has 1 atom stereocenters. The number of amides is 1. The van der Waals surface area contributed by atoms with Crippen LogP contribution < -0.4 is 5.73 Å². The van der Waals surface area contributed by atoms with Gasteiger partial charge in [0.05, 0.1) is 6.04 Å². The van der Waals surface area contributed by atoms with Crippen LogP contribution in [0.4, 0.5) is 0 Å². The number of likely N-dealkylation sites (tertiary alicyclic amines) is 2. The molecule has 1 amide bonds. The first-order chi connectivity index (χ1) is 8.16. The third kappa shape index (κ3) is 3.42. The quantitative estimate of drug-likeness (QED) is 0.784. The summed E-state index contributed by atoms with van der Waals surface area (Å²) in [4.78, 5) is 16.0. The molecule has 0 spiro atoms. The first-order valence-electron chi connectivity index (χ1n) is 6.92. The second-order valence-corrected chi connectivity index (χ2v) is 5.57. The Morgan fingerprint density at radius 3 is 2.35 bits per heavy atom. The van der Waals surface area contributed by atoms with E-state index in [1.165, 1.54) is 45.3 Å². The maximum Gasteiger partial charge on any atom is 0.234 e. The highest BCUT2D eigenvalue weighted by Gasteiger charge is 2.26. The van der Waals surface area contributed by atoms with Gasteiger partial charge in [-0.3, -0.25) is 9.69 Å². The molecule has 2 saturated heterocycles. The van der Waals surface area contributed by atoms with Gasteiger partial charge in [0.1, 0.15) is 0 Å². The van der Waals surface area contributed by atoms with Crippen LogP contribution in [0.1, 0.15) is 32.6 Å². The van der Waals surface area contributed by atoms with Gasteiger partial charge in [0.2, 0.25) is 5.91 Å².